The average molecular weight is 761 g/mol. The maximum atomic E-state index is 14.5. The van der Waals surface area contributed by atoms with E-state index in [4.69, 9.17) is 0 Å². The molecule has 2 aliphatic carbocycles. The number of anilines is 6. The monoisotopic (exact) mass is 760 g/mol. The molecule has 0 spiro atoms. The first-order valence-corrected chi connectivity index (χ1v) is 20.6. The lowest BCUT2D eigenvalue weighted by atomic mass is 9.81. The first kappa shape index (κ1) is 32.7. The Morgan fingerprint density at radius 3 is 1.98 bits per heavy atom. The summed E-state index contributed by atoms with van der Waals surface area (Å²) in [6.07, 6.45) is 9.81. The summed E-state index contributed by atoms with van der Waals surface area (Å²) >= 11 is 0. The normalized spacial score (nSPS) is 18.9. The molecule has 0 saturated heterocycles. The van der Waals surface area contributed by atoms with Crippen molar-refractivity contribution in [1.29, 1.82) is 0 Å². The summed E-state index contributed by atoms with van der Waals surface area (Å²) in [5.41, 5.74) is 16.8. The summed E-state index contributed by atoms with van der Waals surface area (Å²) in [7, 11) is 0. The van der Waals surface area contributed by atoms with Crippen LogP contribution in [0.15, 0.2) is 206 Å². The Hall–Kier alpha value is -7.37. The van der Waals surface area contributed by atoms with Crippen molar-refractivity contribution in [2.75, 3.05) is 14.7 Å². The summed E-state index contributed by atoms with van der Waals surface area (Å²) in [5, 5.41) is 4.88. The molecule has 7 aromatic carbocycles. The van der Waals surface area contributed by atoms with Crippen molar-refractivity contribution < 1.29 is 4.39 Å². The van der Waals surface area contributed by atoms with Gasteiger partial charge < -0.3 is 19.1 Å². The van der Waals surface area contributed by atoms with Crippen LogP contribution in [-0.4, -0.2) is 16.6 Å². The number of rotatable bonds is 6. The zero-order chi connectivity index (χ0) is 38.8. The number of fused-ring (bicyclic) bond motifs is 12. The molecule has 59 heavy (non-hydrogen) atoms. The molecule has 0 N–H and O–H groups in total. The second-order valence-corrected chi connectivity index (χ2v) is 16.1. The van der Waals surface area contributed by atoms with Crippen molar-refractivity contribution in [3.63, 3.8) is 0 Å². The zero-order valence-corrected chi connectivity index (χ0v) is 32.1. The minimum atomic E-state index is -0.968. The van der Waals surface area contributed by atoms with Crippen molar-refractivity contribution in [3.05, 3.63) is 217 Å². The number of alkyl halides is 1. The van der Waals surface area contributed by atoms with Gasteiger partial charge in [0.15, 0.2) is 0 Å². The molecular formula is C54H37FN4. The molecule has 4 aliphatic rings. The molecule has 4 heterocycles. The van der Waals surface area contributed by atoms with E-state index in [1.165, 1.54) is 71.9 Å². The fourth-order valence-corrected chi connectivity index (χ4v) is 10.7. The standard InChI is InChI=1S/C54H37FN4/c55-34-24-26-38(27-25-34)57(37-18-8-3-9-19-37)48-31-29-40-44-33-49-43(32-50(44)59-46-23-13-11-21-42(46)52(48)54(40)59)39-28-30-47(51-41-20-10-12-22-45(41)58(49)53(39)51)56(35-14-4-1-5-15-35)36-16-6-2-7-17-36/h1-24,26-34,51,53H,25H2/t34?,51-,53?/m0/s1. The maximum absolute atomic E-state index is 14.5. The molecular weight excluding hydrogens is 724 g/mol. The van der Waals surface area contributed by atoms with Gasteiger partial charge in [0.05, 0.1) is 39.9 Å². The van der Waals surface area contributed by atoms with E-state index in [1.54, 1.807) is 6.08 Å². The lowest BCUT2D eigenvalue weighted by Gasteiger charge is -2.36. The van der Waals surface area contributed by atoms with E-state index in [-0.39, 0.29) is 12.0 Å². The third-order valence-corrected chi connectivity index (χ3v) is 13.0. The number of para-hydroxylation sites is 5. The van der Waals surface area contributed by atoms with Gasteiger partial charge in [0.2, 0.25) is 0 Å². The van der Waals surface area contributed by atoms with Crippen LogP contribution in [0.25, 0.3) is 43.7 Å². The third kappa shape index (κ3) is 4.53. The van der Waals surface area contributed by atoms with E-state index in [0.717, 1.165) is 28.4 Å². The van der Waals surface area contributed by atoms with Crippen LogP contribution < -0.4 is 14.7 Å². The minimum absolute atomic E-state index is 0.127. The van der Waals surface area contributed by atoms with E-state index in [2.05, 4.69) is 189 Å². The van der Waals surface area contributed by atoms with Crippen LogP contribution in [0.1, 0.15) is 23.5 Å². The third-order valence-electron chi connectivity index (χ3n) is 13.0. The van der Waals surface area contributed by atoms with E-state index in [1.807, 2.05) is 18.2 Å². The van der Waals surface area contributed by atoms with Crippen LogP contribution in [-0.2, 0) is 0 Å². The number of aromatic nitrogens is 1. The molecule has 0 amide bonds. The molecule has 0 saturated carbocycles. The highest BCUT2D eigenvalue weighted by Crippen LogP contribution is 2.61. The Morgan fingerprint density at radius 2 is 1.25 bits per heavy atom. The molecule has 13 rings (SSSR count). The number of halogens is 1. The minimum Gasteiger partial charge on any atom is -0.332 e. The lowest BCUT2D eigenvalue weighted by molar-refractivity contribution is 0.400. The summed E-state index contributed by atoms with van der Waals surface area (Å²) in [6, 6.07) is 59.5. The Balaban J connectivity index is 1.06. The van der Waals surface area contributed by atoms with Crippen molar-refractivity contribution in [3.8, 4) is 0 Å². The van der Waals surface area contributed by atoms with Crippen molar-refractivity contribution in [2.45, 2.75) is 24.6 Å². The van der Waals surface area contributed by atoms with Gasteiger partial charge in [-0.2, -0.15) is 0 Å². The summed E-state index contributed by atoms with van der Waals surface area (Å²) in [4.78, 5) is 7.38. The summed E-state index contributed by atoms with van der Waals surface area (Å²) in [6.45, 7) is 0. The Kier molecular flexibility index (Phi) is 6.82. The predicted molar refractivity (Wildman–Crippen MR) is 243 cm³/mol. The number of hydrogen-bond donors (Lipinski definition) is 0. The second kappa shape index (κ2) is 12.3. The van der Waals surface area contributed by atoms with Crippen LogP contribution in [0.5, 0.6) is 0 Å². The van der Waals surface area contributed by atoms with Gasteiger partial charge >= 0.3 is 0 Å². The van der Waals surface area contributed by atoms with Crippen LogP contribution in [0.3, 0.4) is 0 Å². The van der Waals surface area contributed by atoms with Crippen LogP contribution >= 0.6 is 0 Å². The number of hydrogen-bond acceptors (Lipinski definition) is 3. The SMILES string of the molecule is FC1C=CC(N(c2ccccc2)c2ccc3c4cc5c(cc4n4c6ccccc6c2c34)C2=CC=C(N(c3ccccc3)c3ccccc3)[C@@H]3c4ccccc4N5C23)=CC1. The molecule has 2 aromatic heterocycles. The fraction of sp³-hybridized carbons (Fsp3) is 0.0741. The fourth-order valence-electron chi connectivity index (χ4n) is 10.7. The van der Waals surface area contributed by atoms with Gasteiger partial charge in [0.25, 0.3) is 0 Å². The molecule has 0 bridgehead atoms. The second-order valence-electron chi connectivity index (χ2n) is 16.1. The van der Waals surface area contributed by atoms with Gasteiger partial charge in [-0.3, -0.25) is 0 Å². The van der Waals surface area contributed by atoms with Crippen LogP contribution in [0.2, 0.25) is 0 Å². The van der Waals surface area contributed by atoms with Gasteiger partial charge in [-0.15, -0.1) is 0 Å². The van der Waals surface area contributed by atoms with Crippen LogP contribution in [0, 0.1) is 0 Å². The molecule has 2 unspecified atom stereocenters. The highest BCUT2D eigenvalue weighted by Gasteiger charge is 2.51. The van der Waals surface area contributed by atoms with Gasteiger partial charge in [-0.05, 0) is 96.1 Å². The molecule has 0 radical (unpaired) electrons. The van der Waals surface area contributed by atoms with E-state index >= 15 is 0 Å². The van der Waals surface area contributed by atoms with E-state index < -0.39 is 6.17 Å². The quantitative estimate of drug-likeness (QED) is 0.168. The number of benzene rings is 7. The molecule has 5 heteroatoms. The molecule has 4 nitrogen and oxygen atoms in total. The van der Waals surface area contributed by atoms with Gasteiger partial charge in [0.1, 0.15) is 6.17 Å². The average Bonchev–Trinajstić information content (AvgIpc) is 4.02. The van der Waals surface area contributed by atoms with Crippen molar-refractivity contribution in [1.82, 2.24) is 4.40 Å². The number of allylic oxidation sites excluding steroid dienone is 5. The van der Waals surface area contributed by atoms with Gasteiger partial charge in [-0.1, -0.05) is 109 Å². The largest absolute Gasteiger partial charge is 0.332 e. The smallest absolute Gasteiger partial charge is 0.122 e. The van der Waals surface area contributed by atoms with Gasteiger partial charge in [-0.25, -0.2) is 4.39 Å². The first-order valence-electron chi connectivity index (χ1n) is 20.6. The number of nitrogens with zero attached hydrogens (tertiary/aromatic N) is 4. The first-order chi connectivity index (χ1) is 29.2. The predicted octanol–water partition coefficient (Wildman–Crippen LogP) is 13.9. The molecule has 9 aromatic rings. The Bertz CT molecular complexity index is 3250. The molecule has 2 aliphatic heterocycles. The highest BCUT2D eigenvalue weighted by atomic mass is 19.1. The molecule has 3 atom stereocenters. The topological polar surface area (TPSA) is 14.1 Å². The van der Waals surface area contributed by atoms with Crippen molar-refractivity contribution in [2.24, 2.45) is 0 Å². The Labute approximate surface area is 341 Å². The van der Waals surface area contributed by atoms with E-state index in [9.17, 15) is 4.39 Å². The molecule has 280 valence electrons. The van der Waals surface area contributed by atoms with Crippen LogP contribution in [0.4, 0.5) is 38.5 Å². The summed E-state index contributed by atoms with van der Waals surface area (Å²) < 4.78 is 17.0. The van der Waals surface area contributed by atoms with Gasteiger partial charge in [0, 0.05) is 67.7 Å². The molecule has 0 fully saturated rings. The Morgan fingerprint density at radius 1 is 0.576 bits per heavy atom. The van der Waals surface area contributed by atoms with Crippen molar-refractivity contribution >= 4 is 77.8 Å². The maximum Gasteiger partial charge on any atom is 0.122 e. The zero-order valence-electron chi connectivity index (χ0n) is 32.1. The highest BCUT2D eigenvalue weighted by molar-refractivity contribution is 6.28. The lowest BCUT2D eigenvalue weighted by Crippen LogP contribution is -2.33. The summed E-state index contributed by atoms with van der Waals surface area (Å²) in [5.74, 6) is 0.127. The van der Waals surface area contributed by atoms with E-state index in [0.29, 0.717) is 6.42 Å².